The third-order valence-corrected chi connectivity index (χ3v) is 4.39. The van der Waals surface area contributed by atoms with Crippen molar-refractivity contribution in [2.75, 3.05) is 0 Å². The summed E-state index contributed by atoms with van der Waals surface area (Å²) in [6.45, 7) is 4.09. The van der Waals surface area contributed by atoms with Crippen molar-refractivity contribution in [3.05, 3.63) is 29.8 Å². The van der Waals surface area contributed by atoms with E-state index in [0.29, 0.717) is 11.6 Å². The van der Waals surface area contributed by atoms with Gasteiger partial charge in [-0.3, -0.25) is 0 Å². The minimum atomic E-state index is -0.263. The van der Waals surface area contributed by atoms with E-state index in [1.54, 1.807) is 6.07 Å². The van der Waals surface area contributed by atoms with E-state index in [9.17, 15) is 4.39 Å². The molecule has 1 aromatic carbocycles. The maximum atomic E-state index is 14.0. The zero-order valence-electron chi connectivity index (χ0n) is 11.9. The highest BCUT2D eigenvalue weighted by atomic mass is 35.5. The molecule has 2 atom stereocenters. The first-order valence-electron chi connectivity index (χ1n) is 7.42. The molecule has 2 unspecified atom stereocenters. The molecule has 0 saturated heterocycles. The highest BCUT2D eigenvalue weighted by Gasteiger charge is 2.28. The summed E-state index contributed by atoms with van der Waals surface area (Å²) in [5.74, 6) is 1.35. The molecule has 0 bridgehead atoms. The first-order valence-corrected chi connectivity index (χ1v) is 7.85. The number of fused-ring (bicyclic) bond motifs is 1. The number of halogens is 2. The van der Waals surface area contributed by atoms with Crippen LogP contribution >= 0.6 is 11.6 Å². The molecule has 1 aromatic heterocycles. The molecule has 2 aromatic rings. The zero-order valence-corrected chi connectivity index (χ0v) is 12.7. The number of imidazole rings is 1. The van der Waals surface area contributed by atoms with Gasteiger partial charge in [-0.25, -0.2) is 9.37 Å². The van der Waals surface area contributed by atoms with Gasteiger partial charge in [0.25, 0.3) is 0 Å². The van der Waals surface area contributed by atoms with Gasteiger partial charge in [0.2, 0.25) is 0 Å². The summed E-state index contributed by atoms with van der Waals surface area (Å²) in [6.07, 6.45) is 4.82. The zero-order chi connectivity index (χ0) is 14.3. The smallest absolute Gasteiger partial charge is 0.151 e. The van der Waals surface area contributed by atoms with Crippen LogP contribution in [0.5, 0.6) is 0 Å². The van der Waals surface area contributed by atoms with Gasteiger partial charge in [-0.1, -0.05) is 25.8 Å². The first-order chi connectivity index (χ1) is 9.61. The molecule has 1 heterocycles. The molecule has 20 heavy (non-hydrogen) atoms. The molecule has 0 spiro atoms. The molecule has 1 saturated carbocycles. The van der Waals surface area contributed by atoms with Gasteiger partial charge in [0.1, 0.15) is 11.3 Å². The fourth-order valence-corrected chi connectivity index (χ4v) is 3.11. The molecular weight excluding hydrogens is 275 g/mol. The maximum absolute atomic E-state index is 14.0. The van der Waals surface area contributed by atoms with E-state index >= 15 is 0 Å². The predicted molar refractivity (Wildman–Crippen MR) is 80.6 cm³/mol. The number of alkyl halides is 1. The number of hydrogen-bond acceptors (Lipinski definition) is 1. The van der Waals surface area contributed by atoms with Crippen LogP contribution in [0, 0.1) is 11.7 Å². The van der Waals surface area contributed by atoms with Crippen LogP contribution in [0.4, 0.5) is 4.39 Å². The highest BCUT2D eigenvalue weighted by molar-refractivity contribution is 6.20. The highest BCUT2D eigenvalue weighted by Crippen LogP contribution is 2.40. The number of benzene rings is 1. The molecular formula is C16H20ClFN2. The largest absolute Gasteiger partial charge is 0.324 e. The van der Waals surface area contributed by atoms with Crippen molar-refractivity contribution < 1.29 is 4.39 Å². The molecule has 108 valence electrons. The van der Waals surface area contributed by atoms with Gasteiger partial charge in [-0.05, 0) is 37.8 Å². The van der Waals surface area contributed by atoms with Crippen LogP contribution in [-0.4, -0.2) is 9.55 Å². The minimum Gasteiger partial charge on any atom is -0.324 e. The second-order valence-electron chi connectivity index (χ2n) is 5.80. The Labute approximate surface area is 123 Å². The lowest BCUT2D eigenvalue weighted by molar-refractivity contribution is 0.425. The number of para-hydroxylation sites is 1. The van der Waals surface area contributed by atoms with Gasteiger partial charge in [-0.15, -0.1) is 11.6 Å². The van der Waals surface area contributed by atoms with Gasteiger partial charge in [0, 0.05) is 6.04 Å². The summed E-state index contributed by atoms with van der Waals surface area (Å²) in [4.78, 5) is 4.46. The van der Waals surface area contributed by atoms with Crippen molar-refractivity contribution in [2.24, 2.45) is 5.92 Å². The van der Waals surface area contributed by atoms with Gasteiger partial charge >= 0.3 is 0 Å². The fourth-order valence-electron chi connectivity index (χ4n) is 2.96. The summed E-state index contributed by atoms with van der Waals surface area (Å²) >= 11 is 6.28. The Balaban J connectivity index is 2.14. The Bertz CT molecular complexity index is 616. The van der Waals surface area contributed by atoms with Crippen LogP contribution in [0.25, 0.3) is 11.0 Å². The standard InChI is InChI=1S/C16H20ClFN2/c1-3-12(9-11-7-8-11)20-14-6-4-5-13(18)15(14)19-16(20)10(2)17/h4-6,10-12H,3,7-9H2,1-2H3. The van der Waals surface area contributed by atoms with Crippen molar-refractivity contribution in [3.63, 3.8) is 0 Å². The Hall–Kier alpha value is -1.09. The van der Waals surface area contributed by atoms with Crippen molar-refractivity contribution in [3.8, 4) is 0 Å². The average molecular weight is 295 g/mol. The average Bonchev–Trinajstić information content (AvgIpc) is 3.15. The van der Waals surface area contributed by atoms with Crippen LogP contribution in [-0.2, 0) is 0 Å². The molecule has 4 heteroatoms. The van der Waals surface area contributed by atoms with E-state index in [4.69, 9.17) is 11.6 Å². The van der Waals surface area contributed by atoms with Crippen molar-refractivity contribution >= 4 is 22.6 Å². The van der Waals surface area contributed by atoms with E-state index in [1.807, 2.05) is 13.0 Å². The number of rotatable bonds is 5. The van der Waals surface area contributed by atoms with E-state index in [1.165, 1.54) is 18.9 Å². The molecule has 1 aliphatic rings. The topological polar surface area (TPSA) is 17.8 Å². The Kier molecular flexibility index (Phi) is 3.72. The monoisotopic (exact) mass is 294 g/mol. The van der Waals surface area contributed by atoms with E-state index in [0.717, 1.165) is 30.1 Å². The van der Waals surface area contributed by atoms with E-state index in [2.05, 4.69) is 16.5 Å². The van der Waals surface area contributed by atoms with Gasteiger partial charge in [-0.2, -0.15) is 0 Å². The molecule has 0 aliphatic heterocycles. The minimum absolute atomic E-state index is 0.213. The number of nitrogens with zero attached hydrogens (tertiary/aromatic N) is 2. The van der Waals surface area contributed by atoms with Crippen LogP contribution in [0.3, 0.4) is 0 Å². The maximum Gasteiger partial charge on any atom is 0.151 e. The normalized spacial score (nSPS) is 18.4. The third kappa shape index (κ3) is 2.44. The molecule has 2 nitrogen and oxygen atoms in total. The molecule has 0 amide bonds. The van der Waals surface area contributed by atoms with E-state index < -0.39 is 0 Å². The SMILES string of the molecule is CCC(CC1CC1)n1c(C(C)Cl)nc2c(F)cccc21. The second kappa shape index (κ2) is 5.36. The van der Waals surface area contributed by atoms with Gasteiger partial charge < -0.3 is 4.57 Å². The fraction of sp³-hybridized carbons (Fsp3) is 0.562. The summed E-state index contributed by atoms with van der Waals surface area (Å²) in [5, 5.41) is -0.213. The lowest BCUT2D eigenvalue weighted by Gasteiger charge is -2.21. The Morgan fingerprint density at radius 2 is 2.20 bits per heavy atom. The van der Waals surface area contributed by atoms with Crippen LogP contribution in [0.2, 0.25) is 0 Å². The lowest BCUT2D eigenvalue weighted by Crippen LogP contribution is -2.13. The Morgan fingerprint density at radius 1 is 1.45 bits per heavy atom. The van der Waals surface area contributed by atoms with Crippen LogP contribution in [0.15, 0.2) is 18.2 Å². The second-order valence-corrected chi connectivity index (χ2v) is 6.46. The van der Waals surface area contributed by atoms with Crippen molar-refractivity contribution in [1.82, 2.24) is 9.55 Å². The van der Waals surface area contributed by atoms with Gasteiger partial charge in [0.15, 0.2) is 5.82 Å². The van der Waals surface area contributed by atoms with Crippen molar-refractivity contribution in [2.45, 2.75) is 50.9 Å². The van der Waals surface area contributed by atoms with E-state index in [-0.39, 0.29) is 11.2 Å². The number of hydrogen-bond donors (Lipinski definition) is 0. The molecule has 1 fully saturated rings. The van der Waals surface area contributed by atoms with Crippen LogP contribution < -0.4 is 0 Å². The summed E-state index contributed by atoms with van der Waals surface area (Å²) in [5.41, 5.74) is 1.32. The first kappa shape index (κ1) is 13.9. The predicted octanol–water partition coefficient (Wildman–Crippen LogP) is 5.23. The van der Waals surface area contributed by atoms with Crippen LogP contribution in [0.1, 0.15) is 56.8 Å². The lowest BCUT2D eigenvalue weighted by atomic mass is 10.1. The van der Waals surface area contributed by atoms with Crippen molar-refractivity contribution in [1.29, 1.82) is 0 Å². The molecule has 0 radical (unpaired) electrons. The Morgan fingerprint density at radius 3 is 2.80 bits per heavy atom. The quantitative estimate of drug-likeness (QED) is 0.691. The summed E-state index contributed by atoms with van der Waals surface area (Å²) < 4.78 is 16.1. The molecule has 1 aliphatic carbocycles. The third-order valence-electron chi connectivity index (χ3n) is 4.19. The molecule has 3 rings (SSSR count). The van der Waals surface area contributed by atoms with Gasteiger partial charge in [0.05, 0.1) is 10.9 Å². The summed E-state index contributed by atoms with van der Waals surface area (Å²) in [7, 11) is 0. The summed E-state index contributed by atoms with van der Waals surface area (Å²) in [6, 6.07) is 5.53. The molecule has 0 N–H and O–H groups in total. The number of aromatic nitrogens is 2.